The van der Waals surface area contributed by atoms with Crippen LogP contribution in [0, 0.1) is 6.92 Å². The van der Waals surface area contributed by atoms with Gasteiger partial charge in [0.2, 0.25) is 0 Å². The number of hydrogen-bond acceptors (Lipinski definition) is 5. The molecule has 132 valence electrons. The predicted molar refractivity (Wildman–Crippen MR) is 95.4 cm³/mol. The summed E-state index contributed by atoms with van der Waals surface area (Å²) < 4.78 is 43.6. The van der Waals surface area contributed by atoms with Crippen LogP contribution in [0.25, 0.3) is 10.9 Å². The third kappa shape index (κ3) is 2.70. The number of aromatic nitrogens is 1. The van der Waals surface area contributed by atoms with Crippen LogP contribution in [0.4, 0.5) is 0 Å². The molecule has 0 unspecified atom stereocenters. The molecule has 3 aromatic rings. The van der Waals surface area contributed by atoms with E-state index in [4.69, 9.17) is 14.2 Å². The molecule has 7 heteroatoms. The fourth-order valence-corrected chi connectivity index (χ4v) is 4.11. The van der Waals surface area contributed by atoms with Crippen molar-refractivity contribution in [1.29, 1.82) is 0 Å². The van der Waals surface area contributed by atoms with Gasteiger partial charge in [-0.05, 0) is 25.1 Å². The molecule has 3 rings (SSSR count). The maximum Gasteiger partial charge on any atom is 0.268 e. The van der Waals surface area contributed by atoms with Crippen molar-refractivity contribution in [3.8, 4) is 17.2 Å². The number of aryl methyl sites for hydroxylation is 1. The van der Waals surface area contributed by atoms with Crippen molar-refractivity contribution in [2.24, 2.45) is 0 Å². The van der Waals surface area contributed by atoms with Crippen molar-refractivity contribution < 1.29 is 22.6 Å². The van der Waals surface area contributed by atoms with Gasteiger partial charge < -0.3 is 14.2 Å². The number of nitrogens with zero attached hydrogens (tertiary/aromatic N) is 1. The molecule has 25 heavy (non-hydrogen) atoms. The van der Waals surface area contributed by atoms with Gasteiger partial charge in [-0.25, -0.2) is 12.4 Å². The Bertz CT molecular complexity index is 1020. The first kappa shape index (κ1) is 17.2. The summed E-state index contributed by atoms with van der Waals surface area (Å²) in [5, 5.41) is 0.621. The molecule has 0 saturated carbocycles. The van der Waals surface area contributed by atoms with Crippen molar-refractivity contribution in [3.05, 3.63) is 48.2 Å². The van der Waals surface area contributed by atoms with Crippen molar-refractivity contribution in [1.82, 2.24) is 3.97 Å². The first-order valence-electron chi connectivity index (χ1n) is 7.56. The molecule has 0 fully saturated rings. The third-order valence-electron chi connectivity index (χ3n) is 4.04. The molecule has 2 aromatic carbocycles. The maximum absolute atomic E-state index is 13.1. The SMILES string of the molecule is COc1cc(OC)c2ccn(S(=O)(=O)c3ccc(C)cc3)c2c1OC. The highest BCUT2D eigenvalue weighted by Crippen LogP contribution is 2.42. The Balaban J connectivity index is 2.35. The van der Waals surface area contributed by atoms with Gasteiger partial charge in [-0.15, -0.1) is 0 Å². The van der Waals surface area contributed by atoms with Gasteiger partial charge in [0.25, 0.3) is 10.0 Å². The second kappa shape index (κ2) is 6.33. The van der Waals surface area contributed by atoms with Crippen LogP contribution in [0.15, 0.2) is 47.5 Å². The highest BCUT2D eigenvalue weighted by atomic mass is 32.2. The van der Waals surface area contributed by atoms with Crippen LogP contribution in [0.1, 0.15) is 5.56 Å². The van der Waals surface area contributed by atoms with Gasteiger partial charge in [0, 0.05) is 17.6 Å². The standard InChI is InChI=1S/C18H19NO5S/c1-12-5-7-13(8-6-12)25(20,21)19-10-9-14-15(22-2)11-16(23-3)18(24-4)17(14)19/h5-11H,1-4H3. The molecule has 0 aliphatic rings. The number of hydrogen-bond donors (Lipinski definition) is 0. The van der Waals surface area contributed by atoms with Crippen molar-refractivity contribution in [2.75, 3.05) is 21.3 Å². The molecule has 0 N–H and O–H groups in total. The van der Waals surface area contributed by atoms with E-state index < -0.39 is 10.0 Å². The van der Waals surface area contributed by atoms with Crippen LogP contribution >= 0.6 is 0 Å². The molecule has 0 radical (unpaired) electrons. The summed E-state index contributed by atoms with van der Waals surface area (Å²) in [4.78, 5) is 0.194. The quantitative estimate of drug-likeness (QED) is 0.698. The molecule has 0 bridgehead atoms. The molecule has 0 aliphatic heterocycles. The van der Waals surface area contributed by atoms with E-state index >= 15 is 0 Å². The second-order valence-electron chi connectivity index (χ2n) is 5.51. The summed E-state index contributed by atoms with van der Waals surface area (Å²) in [5.74, 6) is 1.23. The van der Waals surface area contributed by atoms with Crippen molar-refractivity contribution in [3.63, 3.8) is 0 Å². The molecule has 6 nitrogen and oxygen atoms in total. The van der Waals surface area contributed by atoms with Crippen LogP contribution in [-0.4, -0.2) is 33.7 Å². The Kier molecular flexibility index (Phi) is 4.34. The van der Waals surface area contributed by atoms with Gasteiger partial charge in [0.05, 0.1) is 26.2 Å². The van der Waals surface area contributed by atoms with Gasteiger partial charge >= 0.3 is 0 Å². The van der Waals surface area contributed by atoms with Crippen LogP contribution in [0.2, 0.25) is 0 Å². The number of benzene rings is 2. The van der Waals surface area contributed by atoms with E-state index in [0.717, 1.165) is 5.56 Å². The van der Waals surface area contributed by atoms with E-state index in [1.165, 1.54) is 31.5 Å². The average molecular weight is 361 g/mol. The second-order valence-corrected chi connectivity index (χ2v) is 7.32. The lowest BCUT2D eigenvalue weighted by atomic mass is 10.2. The van der Waals surface area contributed by atoms with Crippen molar-refractivity contribution in [2.45, 2.75) is 11.8 Å². The Labute approximate surface area is 146 Å². The molecule has 0 atom stereocenters. The Morgan fingerprint density at radius 2 is 1.52 bits per heavy atom. The molecule has 0 amide bonds. The van der Waals surface area contributed by atoms with Gasteiger partial charge in [0.1, 0.15) is 11.3 Å². The molecular formula is C18H19NO5S. The predicted octanol–water partition coefficient (Wildman–Crippen LogP) is 3.21. The first-order valence-corrected chi connectivity index (χ1v) is 9.00. The van der Waals surface area contributed by atoms with Crippen LogP contribution in [-0.2, 0) is 10.0 Å². The first-order chi connectivity index (χ1) is 11.9. The van der Waals surface area contributed by atoms with E-state index in [1.807, 2.05) is 6.92 Å². The van der Waals surface area contributed by atoms with E-state index in [1.54, 1.807) is 36.4 Å². The summed E-state index contributed by atoms with van der Waals surface area (Å²) in [6.07, 6.45) is 1.49. The number of fused-ring (bicyclic) bond motifs is 1. The molecule has 0 saturated heterocycles. The number of methoxy groups -OCH3 is 3. The zero-order chi connectivity index (χ0) is 18.2. The largest absolute Gasteiger partial charge is 0.496 e. The monoisotopic (exact) mass is 361 g/mol. The molecule has 0 aliphatic carbocycles. The number of ether oxygens (including phenoxy) is 3. The van der Waals surface area contributed by atoms with Crippen molar-refractivity contribution >= 4 is 20.9 Å². The van der Waals surface area contributed by atoms with E-state index in [2.05, 4.69) is 0 Å². The maximum atomic E-state index is 13.1. The molecule has 0 spiro atoms. The van der Waals surface area contributed by atoms with Gasteiger partial charge in [-0.3, -0.25) is 0 Å². The summed E-state index contributed by atoms with van der Waals surface area (Å²) in [6, 6.07) is 10.0. The zero-order valence-corrected chi connectivity index (χ0v) is 15.3. The van der Waals surface area contributed by atoms with E-state index in [0.29, 0.717) is 28.2 Å². The van der Waals surface area contributed by atoms with Gasteiger partial charge in [0.15, 0.2) is 11.5 Å². The van der Waals surface area contributed by atoms with Crippen LogP contribution in [0.3, 0.4) is 0 Å². The smallest absolute Gasteiger partial charge is 0.268 e. The minimum Gasteiger partial charge on any atom is -0.496 e. The lowest BCUT2D eigenvalue weighted by molar-refractivity contribution is 0.353. The Morgan fingerprint density at radius 3 is 2.08 bits per heavy atom. The topological polar surface area (TPSA) is 66.8 Å². The summed E-state index contributed by atoms with van der Waals surface area (Å²) in [7, 11) is 0.687. The average Bonchev–Trinajstić information content (AvgIpc) is 3.06. The Morgan fingerprint density at radius 1 is 0.880 bits per heavy atom. The lowest BCUT2D eigenvalue weighted by Gasteiger charge is -2.15. The van der Waals surface area contributed by atoms with Crippen LogP contribution < -0.4 is 14.2 Å². The fraction of sp³-hybridized carbons (Fsp3) is 0.222. The summed E-state index contributed by atoms with van der Waals surface area (Å²) in [6.45, 7) is 1.90. The molecular weight excluding hydrogens is 342 g/mol. The normalized spacial score (nSPS) is 11.5. The zero-order valence-electron chi connectivity index (χ0n) is 14.4. The number of rotatable bonds is 5. The highest BCUT2D eigenvalue weighted by molar-refractivity contribution is 7.90. The minimum absolute atomic E-state index is 0.194. The fourth-order valence-electron chi connectivity index (χ4n) is 2.76. The lowest BCUT2D eigenvalue weighted by Crippen LogP contribution is -2.12. The third-order valence-corrected chi connectivity index (χ3v) is 5.73. The summed E-state index contributed by atoms with van der Waals surface area (Å²) >= 11 is 0. The Hall–Kier alpha value is -2.67. The van der Waals surface area contributed by atoms with Gasteiger partial charge in [-0.1, -0.05) is 17.7 Å². The highest BCUT2D eigenvalue weighted by Gasteiger charge is 2.25. The van der Waals surface area contributed by atoms with E-state index in [9.17, 15) is 8.42 Å². The molecule has 1 heterocycles. The summed E-state index contributed by atoms with van der Waals surface area (Å²) in [5.41, 5.74) is 1.36. The minimum atomic E-state index is -3.80. The van der Waals surface area contributed by atoms with Crippen LogP contribution in [0.5, 0.6) is 17.2 Å². The van der Waals surface area contributed by atoms with E-state index in [-0.39, 0.29) is 4.90 Å². The van der Waals surface area contributed by atoms with Gasteiger partial charge in [-0.2, -0.15) is 0 Å². The molecule has 1 aromatic heterocycles.